The zero-order valence-electron chi connectivity index (χ0n) is 11.3. The lowest BCUT2D eigenvalue weighted by Crippen LogP contribution is -2.13. The molecule has 0 bridgehead atoms. The minimum atomic E-state index is -0.135. The average Bonchev–Trinajstić information content (AvgIpc) is 2.34. The van der Waals surface area contributed by atoms with Crippen LogP contribution in [0.4, 0.5) is 0 Å². The Bertz CT molecular complexity index is 311. The lowest BCUT2D eigenvalue weighted by Gasteiger charge is -2.14. The van der Waals surface area contributed by atoms with Gasteiger partial charge in [0, 0.05) is 5.57 Å². The first-order valence-electron chi connectivity index (χ1n) is 6.69. The van der Waals surface area contributed by atoms with Crippen molar-refractivity contribution in [2.75, 3.05) is 6.61 Å². The Balaban J connectivity index is 2.43. The molecule has 0 aromatic rings. The molecule has 0 aliphatic heterocycles. The Hall–Kier alpha value is -1.05. The minimum absolute atomic E-state index is 0.135. The van der Waals surface area contributed by atoms with E-state index >= 15 is 0 Å². The van der Waals surface area contributed by atoms with E-state index in [2.05, 4.69) is 13.0 Å². The van der Waals surface area contributed by atoms with Gasteiger partial charge in [0.2, 0.25) is 0 Å². The van der Waals surface area contributed by atoms with Gasteiger partial charge >= 0.3 is 5.97 Å². The fourth-order valence-electron chi connectivity index (χ4n) is 1.80. The van der Waals surface area contributed by atoms with Crippen LogP contribution in [0.25, 0.3) is 0 Å². The van der Waals surface area contributed by atoms with E-state index in [1.165, 1.54) is 24.8 Å². The molecule has 0 aromatic heterocycles. The van der Waals surface area contributed by atoms with Crippen LogP contribution in [0.2, 0.25) is 0 Å². The number of allylic oxidation sites excluding steroid dienone is 3. The van der Waals surface area contributed by atoms with Crippen molar-refractivity contribution in [1.82, 2.24) is 0 Å². The fraction of sp³-hybridized carbons (Fsp3) is 0.667. The van der Waals surface area contributed by atoms with Gasteiger partial charge in [-0.05, 0) is 31.6 Å². The third-order valence-electron chi connectivity index (χ3n) is 2.90. The lowest BCUT2D eigenvalue weighted by molar-refractivity contribution is -0.140. The van der Waals surface area contributed by atoms with Crippen LogP contribution in [0.1, 0.15) is 52.9 Å². The number of hydrogen-bond acceptors (Lipinski definition) is 2. The molecule has 2 heteroatoms. The molecule has 1 aliphatic carbocycles. The first kappa shape index (κ1) is 14.0. The maximum atomic E-state index is 11.7. The summed E-state index contributed by atoms with van der Waals surface area (Å²) in [5.41, 5.74) is 2.29. The molecule has 0 unspecified atom stereocenters. The van der Waals surface area contributed by atoms with Crippen molar-refractivity contribution in [3.05, 3.63) is 23.3 Å². The Morgan fingerprint density at radius 1 is 1.35 bits per heavy atom. The second-order valence-corrected chi connectivity index (χ2v) is 5.11. The Kier molecular flexibility index (Phi) is 6.03. The van der Waals surface area contributed by atoms with E-state index in [1.807, 2.05) is 19.9 Å². The number of unbranched alkanes of at least 4 members (excludes halogenated alkanes) is 1. The molecule has 0 atom stereocenters. The predicted octanol–water partition coefficient (Wildman–Crippen LogP) is 4.02. The van der Waals surface area contributed by atoms with Crippen molar-refractivity contribution >= 4 is 5.97 Å². The van der Waals surface area contributed by atoms with Crippen molar-refractivity contribution in [2.24, 2.45) is 5.92 Å². The van der Waals surface area contributed by atoms with Gasteiger partial charge in [-0.15, -0.1) is 0 Å². The summed E-state index contributed by atoms with van der Waals surface area (Å²) in [7, 11) is 0. The third kappa shape index (κ3) is 5.20. The molecule has 0 fully saturated rings. The smallest absolute Gasteiger partial charge is 0.334 e. The number of esters is 1. The molecule has 0 aromatic carbocycles. The van der Waals surface area contributed by atoms with Gasteiger partial charge in [0.25, 0.3) is 0 Å². The second-order valence-electron chi connectivity index (χ2n) is 5.11. The van der Waals surface area contributed by atoms with E-state index in [9.17, 15) is 4.79 Å². The normalized spacial score (nSPS) is 15.5. The number of rotatable bonds is 6. The van der Waals surface area contributed by atoms with Gasteiger partial charge in [-0.3, -0.25) is 0 Å². The molecule has 0 saturated heterocycles. The molecule has 0 amide bonds. The van der Waals surface area contributed by atoms with Gasteiger partial charge < -0.3 is 4.74 Å². The highest BCUT2D eigenvalue weighted by Gasteiger charge is 2.14. The summed E-state index contributed by atoms with van der Waals surface area (Å²) in [4.78, 5) is 11.7. The van der Waals surface area contributed by atoms with E-state index in [1.54, 1.807) is 0 Å². The largest absolute Gasteiger partial charge is 0.462 e. The molecule has 1 rings (SSSR count). The average molecular weight is 236 g/mol. The summed E-state index contributed by atoms with van der Waals surface area (Å²) >= 11 is 0. The van der Waals surface area contributed by atoms with E-state index in [4.69, 9.17) is 4.74 Å². The van der Waals surface area contributed by atoms with Crippen LogP contribution in [0.15, 0.2) is 23.3 Å². The summed E-state index contributed by atoms with van der Waals surface area (Å²) in [6.07, 6.45) is 9.54. The Labute approximate surface area is 105 Å². The predicted molar refractivity (Wildman–Crippen MR) is 70.7 cm³/mol. The topological polar surface area (TPSA) is 26.3 Å². The zero-order valence-corrected chi connectivity index (χ0v) is 11.3. The molecule has 0 radical (unpaired) electrons. The maximum absolute atomic E-state index is 11.7. The monoisotopic (exact) mass is 236 g/mol. The van der Waals surface area contributed by atoms with Crippen molar-refractivity contribution < 1.29 is 9.53 Å². The Morgan fingerprint density at radius 2 is 2.12 bits per heavy atom. The van der Waals surface area contributed by atoms with Gasteiger partial charge in [-0.1, -0.05) is 44.9 Å². The molecule has 0 saturated carbocycles. The van der Waals surface area contributed by atoms with Crippen LogP contribution >= 0.6 is 0 Å². The number of carbonyl (C=O) groups is 1. The molecule has 0 heterocycles. The van der Waals surface area contributed by atoms with Crippen LogP contribution in [0.5, 0.6) is 0 Å². The number of carbonyl (C=O) groups excluding carboxylic acids is 1. The van der Waals surface area contributed by atoms with Gasteiger partial charge in [0.1, 0.15) is 0 Å². The van der Waals surface area contributed by atoms with Gasteiger partial charge in [-0.2, -0.15) is 0 Å². The minimum Gasteiger partial charge on any atom is -0.462 e. The number of hydrogen-bond donors (Lipinski definition) is 0. The van der Waals surface area contributed by atoms with Crippen LogP contribution in [-0.4, -0.2) is 12.6 Å². The van der Waals surface area contributed by atoms with E-state index < -0.39 is 0 Å². The van der Waals surface area contributed by atoms with Crippen molar-refractivity contribution in [1.29, 1.82) is 0 Å². The van der Waals surface area contributed by atoms with Gasteiger partial charge in [0.15, 0.2) is 0 Å². The second kappa shape index (κ2) is 7.31. The van der Waals surface area contributed by atoms with E-state index in [0.717, 1.165) is 18.4 Å². The highest BCUT2D eigenvalue weighted by atomic mass is 16.5. The van der Waals surface area contributed by atoms with Gasteiger partial charge in [0.05, 0.1) is 6.61 Å². The van der Waals surface area contributed by atoms with Crippen LogP contribution < -0.4 is 0 Å². The molecular weight excluding hydrogens is 212 g/mol. The van der Waals surface area contributed by atoms with Crippen LogP contribution in [0, 0.1) is 5.92 Å². The highest BCUT2D eigenvalue weighted by Crippen LogP contribution is 2.23. The summed E-state index contributed by atoms with van der Waals surface area (Å²) < 4.78 is 5.22. The molecule has 1 aliphatic rings. The summed E-state index contributed by atoms with van der Waals surface area (Å²) in [6.45, 7) is 6.81. The van der Waals surface area contributed by atoms with Gasteiger partial charge in [-0.25, -0.2) is 4.79 Å². The molecular formula is C15H24O2. The quantitative estimate of drug-likeness (QED) is 0.651. The molecule has 0 N–H and O–H groups in total. The summed E-state index contributed by atoms with van der Waals surface area (Å²) in [6, 6.07) is 0. The third-order valence-corrected chi connectivity index (χ3v) is 2.90. The SMILES string of the molecule is CCCCC1=CC=C(C(=O)OCC(C)C)CC1. The lowest BCUT2D eigenvalue weighted by atomic mass is 9.95. The number of ether oxygens (including phenoxy) is 1. The standard InChI is InChI=1S/C15H24O2/c1-4-5-6-13-7-9-14(10-8-13)15(16)17-11-12(2)3/h7,9,12H,4-6,8,10-11H2,1-3H3. The Morgan fingerprint density at radius 3 is 2.65 bits per heavy atom. The van der Waals surface area contributed by atoms with Crippen molar-refractivity contribution in [3.63, 3.8) is 0 Å². The molecule has 96 valence electrons. The zero-order chi connectivity index (χ0) is 12.7. The highest BCUT2D eigenvalue weighted by molar-refractivity contribution is 5.89. The fourth-order valence-corrected chi connectivity index (χ4v) is 1.80. The first-order chi connectivity index (χ1) is 8.13. The first-order valence-corrected chi connectivity index (χ1v) is 6.69. The van der Waals surface area contributed by atoms with Crippen LogP contribution in [-0.2, 0) is 9.53 Å². The molecule has 0 spiro atoms. The molecule has 2 nitrogen and oxygen atoms in total. The summed E-state index contributed by atoms with van der Waals surface area (Å²) in [5.74, 6) is 0.267. The summed E-state index contributed by atoms with van der Waals surface area (Å²) in [5, 5.41) is 0. The molecule has 17 heavy (non-hydrogen) atoms. The maximum Gasteiger partial charge on any atom is 0.334 e. The van der Waals surface area contributed by atoms with Crippen LogP contribution in [0.3, 0.4) is 0 Å². The van der Waals surface area contributed by atoms with E-state index in [-0.39, 0.29) is 5.97 Å². The van der Waals surface area contributed by atoms with Crippen molar-refractivity contribution in [3.8, 4) is 0 Å². The van der Waals surface area contributed by atoms with E-state index in [0.29, 0.717) is 12.5 Å². The van der Waals surface area contributed by atoms with Crippen molar-refractivity contribution in [2.45, 2.75) is 52.9 Å².